The van der Waals surface area contributed by atoms with Crippen LogP contribution in [-0.2, 0) is 17.8 Å². The second kappa shape index (κ2) is 9.54. The fraction of sp³-hybridized carbons (Fsp3) is 0.588. The van der Waals surface area contributed by atoms with Gasteiger partial charge >= 0.3 is 0 Å². The van der Waals surface area contributed by atoms with Crippen molar-refractivity contribution in [2.24, 2.45) is 11.7 Å². The molecular weight excluding hydrogens is 248 g/mol. The zero-order valence-electron chi connectivity index (χ0n) is 12.8. The van der Waals surface area contributed by atoms with Crippen LogP contribution in [-0.4, -0.2) is 12.5 Å². The van der Waals surface area contributed by atoms with Crippen molar-refractivity contribution in [3.63, 3.8) is 0 Å². The van der Waals surface area contributed by atoms with Gasteiger partial charge < -0.3 is 11.1 Å². The van der Waals surface area contributed by atoms with Gasteiger partial charge in [-0.15, -0.1) is 0 Å². The molecule has 0 aliphatic carbocycles. The molecule has 1 amide bonds. The molecular formula is C17H28N2O. The first kappa shape index (κ1) is 16.7. The largest absolute Gasteiger partial charge is 0.356 e. The summed E-state index contributed by atoms with van der Waals surface area (Å²) in [6, 6.07) is 7.93. The van der Waals surface area contributed by atoms with Crippen LogP contribution in [0.15, 0.2) is 24.3 Å². The Morgan fingerprint density at radius 3 is 2.40 bits per heavy atom. The minimum absolute atomic E-state index is 0.112. The van der Waals surface area contributed by atoms with E-state index in [1.165, 1.54) is 19.3 Å². The predicted molar refractivity (Wildman–Crippen MR) is 84.4 cm³/mol. The maximum absolute atomic E-state index is 11.9. The SMILES string of the molecule is CCCCC(CC)CNC(=O)Cc1ccc(CN)cc1. The number of carbonyl (C=O) groups excluding carboxylic acids is 1. The van der Waals surface area contributed by atoms with E-state index >= 15 is 0 Å². The number of rotatable bonds is 9. The molecule has 0 heterocycles. The molecule has 0 fully saturated rings. The van der Waals surface area contributed by atoms with Crippen LogP contribution in [0.5, 0.6) is 0 Å². The third-order valence-corrected chi connectivity index (χ3v) is 3.75. The lowest BCUT2D eigenvalue weighted by molar-refractivity contribution is -0.120. The minimum atomic E-state index is 0.112. The number of hydrogen-bond acceptors (Lipinski definition) is 2. The fourth-order valence-corrected chi connectivity index (χ4v) is 2.24. The van der Waals surface area contributed by atoms with Crippen molar-refractivity contribution in [2.75, 3.05) is 6.54 Å². The molecule has 3 nitrogen and oxygen atoms in total. The van der Waals surface area contributed by atoms with Crippen LogP contribution in [0, 0.1) is 5.92 Å². The van der Waals surface area contributed by atoms with Gasteiger partial charge in [0.15, 0.2) is 0 Å². The molecule has 1 aromatic carbocycles. The van der Waals surface area contributed by atoms with Crippen molar-refractivity contribution in [2.45, 2.75) is 52.5 Å². The van der Waals surface area contributed by atoms with Crippen molar-refractivity contribution < 1.29 is 4.79 Å². The molecule has 0 bridgehead atoms. The Labute approximate surface area is 122 Å². The van der Waals surface area contributed by atoms with E-state index in [9.17, 15) is 4.79 Å². The molecule has 3 N–H and O–H groups in total. The van der Waals surface area contributed by atoms with E-state index in [2.05, 4.69) is 19.2 Å². The zero-order valence-corrected chi connectivity index (χ0v) is 12.8. The second-order valence-corrected chi connectivity index (χ2v) is 5.42. The van der Waals surface area contributed by atoms with Gasteiger partial charge in [-0.05, 0) is 23.5 Å². The van der Waals surface area contributed by atoms with Crippen molar-refractivity contribution in [1.82, 2.24) is 5.32 Å². The van der Waals surface area contributed by atoms with E-state index in [1.54, 1.807) is 0 Å². The monoisotopic (exact) mass is 276 g/mol. The van der Waals surface area contributed by atoms with Crippen molar-refractivity contribution in [3.05, 3.63) is 35.4 Å². The molecule has 0 aliphatic heterocycles. The summed E-state index contributed by atoms with van der Waals surface area (Å²) < 4.78 is 0. The van der Waals surface area contributed by atoms with E-state index < -0.39 is 0 Å². The number of carbonyl (C=O) groups is 1. The lowest BCUT2D eigenvalue weighted by Crippen LogP contribution is -2.30. The number of amides is 1. The summed E-state index contributed by atoms with van der Waals surface area (Å²) in [6.07, 6.45) is 5.26. The summed E-state index contributed by atoms with van der Waals surface area (Å²) in [7, 11) is 0. The van der Waals surface area contributed by atoms with Gasteiger partial charge in [0, 0.05) is 13.1 Å². The molecule has 0 saturated carbocycles. The summed E-state index contributed by atoms with van der Waals surface area (Å²) in [6.45, 7) is 5.74. The average Bonchev–Trinajstić information content (AvgIpc) is 2.48. The van der Waals surface area contributed by atoms with E-state index in [4.69, 9.17) is 5.73 Å². The number of unbranched alkanes of at least 4 members (excludes halogenated alkanes) is 1. The van der Waals surface area contributed by atoms with Crippen molar-refractivity contribution >= 4 is 5.91 Å². The lowest BCUT2D eigenvalue weighted by Gasteiger charge is -2.15. The van der Waals surface area contributed by atoms with Crippen LogP contribution in [0.1, 0.15) is 50.7 Å². The average molecular weight is 276 g/mol. The Hall–Kier alpha value is -1.35. The highest BCUT2D eigenvalue weighted by atomic mass is 16.1. The van der Waals surface area contributed by atoms with Gasteiger partial charge in [0.2, 0.25) is 5.91 Å². The van der Waals surface area contributed by atoms with Crippen LogP contribution in [0.3, 0.4) is 0 Å². The first-order valence-electron chi connectivity index (χ1n) is 7.74. The summed E-state index contributed by atoms with van der Waals surface area (Å²) >= 11 is 0. The Balaban J connectivity index is 2.34. The summed E-state index contributed by atoms with van der Waals surface area (Å²) in [4.78, 5) is 11.9. The molecule has 0 radical (unpaired) electrons. The standard InChI is InChI=1S/C17H28N2O/c1-3-5-6-14(4-2)13-19-17(20)11-15-7-9-16(12-18)10-8-15/h7-10,14H,3-6,11-13,18H2,1-2H3,(H,19,20). The summed E-state index contributed by atoms with van der Waals surface area (Å²) in [5.41, 5.74) is 7.70. The number of hydrogen-bond donors (Lipinski definition) is 2. The Morgan fingerprint density at radius 2 is 1.85 bits per heavy atom. The smallest absolute Gasteiger partial charge is 0.224 e. The molecule has 3 heteroatoms. The van der Waals surface area contributed by atoms with Crippen LogP contribution in [0.4, 0.5) is 0 Å². The Bertz CT molecular complexity index is 386. The second-order valence-electron chi connectivity index (χ2n) is 5.42. The molecule has 0 aliphatic rings. The Kier molecular flexibility index (Phi) is 7.97. The Morgan fingerprint density at radius 1 is 1.20 bits per heavy atom. The predicted octanol–water partition coefficient (Wildman–Crippen LogP) is 3.02. The molecule has 112 valence electrons. The van der Waals surface area contributed by atoms with Crippen molar-refractivity contribution in [1.29, 1.82) is 0 Å². The highest BCUT2D eigenvalue weighted by Crippen LogP contribution is 2.11. The van der Waals surface area contributed by atoms with Gasteiger partial charge in [0.1, 0.15) is 0 Å². The van der Waals surface area contributed by atoms with E-state index in [0.717, 1.165) is 24.1 Å². The fourth-order valence-electron chi connectivity index (χ4n) is 2.24. The molecule has 1 unspecified atom stereocenters. The molecule has 0 spiro atoms. The zero-order chi connectivity index (χ0) is 14.8. The highest BCUT2D eigenvalue weighted by Gasteiger charge is 2.08. The van der Waals surface area contributed by atoms with Gasteiger partial charge in [0.05, 0.1) is 6.42 Å². The van der Waals surface area contributed by atoms with Crippen LogP contribution >= 0.6 is 0 Å². The molecule has 1 atom stereocenters. The lowest BCUT2D eigenvalue weighted by atomic mass is 9.99. The third-order valence-electron chi connectivity index (χ3n) is 3.75. The third kappa shape index (κ3) is 6.20. The first-order valence-corrected chi connectivity index (χ1v) is 7.74. The number of benzene rings is 1. The van der Waals surface area contributed by atoms with Gasteiger partial charge in [-0.2, -0.15) is 0 Å². The summed E-state index contributed by atoms with van der Waals surface area (Å²) in [5.74, 6) is 0.721. The maximum Gasteiger partial charge on any atom is 0.224 e. The van der Waals surface area contributed by atoms with Gasteiger partial charge in [-0.25, -0.2) is 0 Å². The first-order chi connectivity index (χ1) is 9.69. The molecule has 0 saturated heterocycles. The van der Waals surface area contributed by atoms with E-state index in [0.29, 0.717) is 18.9 Å². The number of nitrogens with one attached hydrogen (secondary N) is 1. The maximum atomic E-state index is 11.9. The highest BCUT2D eigenvalue weighted by molar-refractivity contribution is 5.78. The van der Waals surface area contributed by atoms with Crippen LogP contribution in [0.25, 0.3) is 0 Å². The van der Waals surface area contributed by atoms with Gasteiger partial charge in [0.25, 0.3) is 0 Å². The minimum Gasteiger partial charge on any atom is -0.356 e. The molecule has 1 rings (SSSR count). The summed E-state index contributed by atoms with van der Waals surface area (Å²) in [5, 5.41) is 3.06. The van der Waals surface area contributed by atoms with E-state index in [-0.39, 0.29) is 5.91 Å². The molecule has 0 aromatic heterocycles. The topological polar surface area (TPSA) is 55.1 Å². The van der Waals surface area contributed by atoms with E-state index in [1.807, 2.05) is 24.3 Å². The normalized spacial score (nSPS) is 12.2. The van der Waals surface area contributed by atoms with Crippen LogP contribution in [0.2, 0.25) is 0 Å². The van der Waals surface area contributed by atoms with Crippen molar-refractivity contribution in [3.8, 4) is 0 Å². The van der Waals surface area contributed by atoms with Gasteiger partial charge in [-0.3, -0.25) is 4.79 Å². The quantitative estimate of drug-likeness (QED) is 0.728. The molecule has 1 aromatic rings. The molecule has 20 heavy (non-hydrogen) atoms. The number of nitrogens with two attached hydrogens (primary N) is 1. The van der Waals surface area contributed by atoms with Gasteiger partial charge in [-0.1, -0.05) is 57.4 Å². The van der Waals surface area contributed by atoms with Crippen LogP contribution < -0.4 is 11.1 Å².